The van der Waals surface area contributed by atoms with Crippen molar-refractivity contribution in [3.8, 4) is 5.75 Å². The van der Waals surface area contributed by atoms with Crippen LogP contribution in [-0.2, 0) is 10.2 Å². The number of benzene rings is 1. The largest absolute Gasteiger partial charge is 0.486 e. The lowest BCUT2D eigenvalue weighted by molar-refractivity contribution is -0.128. The Labute approximate surface area is 200 Å². The minimum absolute atomic E-state index is 0.0905. The van der Waals surface area contributed by atoms with E-state index in [-0.39, 0.29) is 24.4 Å². The van der Waals surface area contributed by atoms with Gasteiger partial charge in [-0.1, -0.05) is 70.6 Å². The number of ether oxygens (including phenoxy) is 1. The summed E-state index contributed by atoms with van der Waals surface area (Å²) in [6, 6.07) is 6.36. The van der Waals surface area contributed by atoms with Crippen molar-refractivity contribution in [3.05, 3.63) is 64.6 Å². The van der Waals surface area contributed by atoms with E-state index in [1.165, 1.54) is 10.5 Å². The number of aliphatic hydroxyl groups is 1. The van der Waals surface area contributed by atoms with Crippen molar-refractivity contribution in [1.82, 2.24) is 0 Å². The fraction of sp³-hybridized carbons (Fsp3) is 0.536. The number of Topliss-reactive ketones (excluding diaryl/α,β-unsaturated/α-hetero) is 1. The highest BCUT2D eigenvalue weighted by atomic mass is 32.2. The predicted octanol–water partition coefficient (Wildman–Crippen LogP) is 7.18. The monoisotopic (exact) mass is 458 g/mol. The van der Waals surface area contributed by atoms with E-state index in [1.807, 2.05) is 58.5 Å². The Morgan fingerprint density at radius 2 is 1.84 bits per heavy atom. The SMILES string of the molecule is C=CC/C=C(\SC/C=C(\C)CO)C(CC)(CC)c1ccc(OCC(=O)C(C)(C)C)c(C)c1. The van der Waals surface area contributed by atoms with Gasteiger partial charge in [0.05, 0.1) is 6.61 Å². The first-order valence-electron chi connectivity index (χ1n) is 11.5. The highest BCUT2D eigenvalue weighted by Gasteiger charge is 2.33. The molecule has 0 radical (unpaired) electrons. The maximum absolute atomic E-state index is 12.3. The molecule has 0 heterocycles. The summed E-state index contributed by atoms with van der Waals surface area (Å²) in [5.41, 5.74) is 2.79. The molecular formula is C28H42O3S. The van der Waals surface area contributed by atoms with Crippen LogP contribution in [0.25, 0.3) is 0 Å². The molecule has 3 nitrogen and oxygen atoms in total. The predicted molar refractivity (Wildman–Crippen MR) is 140 cm³/mol. The van der Waals surface area contributed by atoms with E-state index in [1.54, 1.807) is 0 Å². The third kappa shape index (κ3) is 7.67. The highest BCUT2D eigenvalue weighted by Crippen LogP contribution is 2.45. The maximum atomic E-state index is 12.3. The Morgan fingerprint density at radius 3 is 2.34 bits per heavy atom. The Hall–Kier alpha value is -1.78. The van der Waals surface area contributed by atoms with Crippen LogP contribution in [-0.4, -0.2) is 29.9 Å². The molecule has 0 aliphatic heterocycles. The van der Waals surface area contributed by atoms with Crippen LogP contribution >= 0.6 is 11.8 Å². The summed E-state index contributed by atoms with van der Waals surface area (Å²) in [6.07, 6.45) is 9.09. The van der Waals surface area contributed by atoms with Crippen LogP contribution in [0.4, 0.5) is 0 Å². The van der Waals surface area contributed by atoms with E-state index >= 15 is 0 Å². The summed E-state index contributed by atoms with van der Waals surface area (Å²) in [5.74, 6) is 1.68. The quantitative estimate of drug-likeness (QED) is 0.318. The van der Waals surface area contributed by atoms with Gasteiger partial charge < -0.3 is 9.84 Å². The van der Waals surface area contributed by atoms with E-state index < -0.39 is 5.41 Å². The van der Waals surface area contributed by atoms with Crippen LogP contribution < -0.4 is 4.74 Å². The molecule has 0 aliphatic rings. The van der Waals surface area contributed by atoms with Crippen molar-refractivity contribution in [1.29, 1.82) is 0 Å². The van der Waals surface area contributed by atoms with Crippen molar-refractivity contribution in [2.45, 2.75) is 73.1 Å². The van der Waals surface area contributed by atoms with Crippen molar-refractivity contribution in [3.63, 3.8) is 0 Å². The lowest BCUT2D eigenvalue weighted by Crippen LogP contribution is -2.27. The number of allylic oxidation sites excluding steroid dienone is 3. The van der Waals surface area contributed by atoms with Crippen LogP contribution in [0.2, 0.25) is 0 Å². The van der Waals surface area contributed by atoms with E-state index in [0.717, 1.165) is 41.9 Å². The summed E-state index contributed by atoms with van der Waals surface area (Å²) in [5, 5.41) is 9.31. The summed E-state index contributed by atoms with van der Waals surface area (Å²) in [7, 11) is 0. The number of thioether (sulfide) groups is 1. The smallest absolute Gasteiger partial charge is 0.175 e. The van der Waals surface area contributed by atoms with Gasteiger partial charge in [0.1, 0.15) is 12.4 Å². The molecule has 4 heteroatoms. The van der Waals surface area contributed by atoms with Crippen molar-refractivity contribution >= 4 is 17.5 Å². The average Bonchev–Trinajstić information content (AvgIpc) is 2.76. The number of aliphatic hydroxyl groups excluding tert-OH is 1. The fourth-order valence-electron chi connectivity index (χ4n) is 3.54. The molecule has 1 aromatic carbocycles. The van der Waals surface area contributed by atoms with Crippen LogP contribution in [0.15, 0.2) is 53.5 Å². The van der Waals surface area contributed by atoms with E-state index in [9.17, 15) is 9.90 Å². The first kappa shape index (κ1) is 28.3. The second kappa shape index (κ2) is 13.1. The topological polar surface area (TPSA) is 46.5 Å². The Bertz CT molecular complexity index is 824. The van der Waals surface area contributed by atoms with Gasteiger partial charge >= 0.3 is 0 Å². The molecule has 0 bridgehead atoms. The fourth-order valence-corrected chi connectivity index (χ4v) is 4.98. The standard InChI is InChI=1S/C28H42O3S/c1-9-12-13-26(32-17-16-21(4)19-29)28(10-2,11-3)23-14-15-24(22(5)18-23)31-20-25(30)27(6,7)8/h9,13-16,18,29H,1,10-12,17,19-20H2,2-8H3/b21-16+,26-13-. The van der Waals surface area contributed by atoms with E-state index in [0.29, 0.717) is 0 Å². The van der Waals surface area contributed by atoms with Crippen molar-refractivity contribution in [2.24, 2.45) is 5.41 Å². The zero-order chi connectivity index (χ0) is 24.4. The maximum Gasteiger partial charge on any atom is 0.175 e. The van der Waals surface area contributed by atoms with Gasteiger partial charge in [-0.05, 0) is 55.2 Å². The van der Waals surface area contributed by atoms with E-state index in [4.69, 9.17) is 4.74 Å². The van der Waals surface area contributed by atoms with Gasteiger partial charge in [0.2, 0.25) is 0 Å². The number of aryl methyl sites for hydroxylation is 1. The number of rotatable bonds is 13. The molecule has 0 fully saturated rings. The van der Waals surface area contributed by atoms with Crippen LogP contribution in [0, 0.1) is 12.3 Å². The molecule has 0 saturated carbocycles. The number of hydrogen-bond acceptors (Lipinski definition) is 4. The molecule has 178 valence electrons. The average molecular weight is 459 g/mol. The molecule has 0 spiro atoms. The van der Waals surface area contributed by atoms with Crippen molar-refractivity contribution < 1.29 is 14.6 Å². The number of carbonyl (C=O) groups is 1. The number of carbonyl (C=O) groups excluding carboxylic acids is 1. The van der Waals surface area contributed by atoms with Crippen LogP contribution in [0.3, 0.4) is 0 Å². The molecule has 0 atom stereocenters. The van der Waals surface area contributed by atoms with Crippen LogP contribution in [0.5, 0.6) is 5.75 Å². The molecule has 32 heavy (non-hydrogen) atoms. The van der Waals surface area contributed by atoms with Gasteiger partial charge in [-0.15, -0.1) is 18.3 Å². The van der Waals surface area contributed by atoms with Gasteiger partial charge in [0, 0.05) is 16.6 Å². The second-order valence-corrected chi connectivity index (χ2v) is 10.4. The van der Waals surface area contributed by atoms with Gasteiger partial charge in [0.25, 0.3) is 0 Å². The molecule has 0 amide bonds. The van der Waals surface area contributed by atoms with Gasteiger partial charge in [-0.25, -0.2) is 0 Å². The molecule has 1 N–H and O–H groups in total. The normalized spacial score (nSPS) is 13.2. The Morgan fingerprint density at radius 1 is 1.19 bits per heavy atom. The Balaban J connectivity index is 3.26. The second-order valence-electron chi connectivity index (χ2n) is 9.34. The van der Waals surface area contributed by atoms with Gasteiger partial charge in [-0.2, -0.15) is 0 Å². The zero-order valence-electron chi connectivity index (χ0n) is 21.1. The van der Waals surface area contributed by atoms with Gasteiger partial charge in [0.15, 0.2) is 5.78 Å². The summed E-state index contributed by atoms with van der Waals surface area (Å²) < 4.78 is 5.87. The molecular weight excluding hydrogens is 416 g/mol. The first-order chi connectivity index (χ1) is 15.0. The number of hydrogen-bond donors (Lipinski definition) is 1. The first-order valence-corrected chi connectivity index (χ1v) is 12.5. The molecule has 0 unspecified atom stereocenters. The molecule has 1 aromatic rings. The highest BCUT2D eigenvalue weighted by molar-refractivity contribution is 8.03. The molecule has 0 aliphatic carbocycles. The third-order valence-electron chi connectivity index (χ3n) is 5.99. The lowest BCUT2D eigenvalue weighted by atomic mass is 9.74. The molecule has 0 aromatic heterocycles. The Kier molecular flexibility index (Phi) is 11.5. The minimum atomic E-state index is -0.404. The lowest BCUT2D eigenvalue weighted by Gasteiger charge is -2.35. The minimum Gasteiger partial charge on any atom is -0.486 e. The van der Waals surface area contributed by atoms with Gasteiger partial charge in [-0.3, -0.25) is 4.79 Å². The number of ketones is 1. The third-order valence-corrected chi connectivity index (χ3v) is 7.19. The summed E-state index contributed by atoms with van der Waals surface area (Å²) in [6.45, 7) is 18.3. The summed E-state index contributed by atoms with van der Waals surface area (Å²) in [4.78, 5) is 13.6. The molecule has 1 rings (SSSR count). The van der Waals surface area contributed by atoms with Crippen LogP contribution in [0.1, 0.15) is 71.9 Å². The van der Waals surface area contributed by atoms with E-state index in [2.05, 4.69) is 44.7 Å². The molecule has 0 saturated heterocycles. The summed E-state index contributed by atoms with van der Waals surface area (Å²) >= 11 is 1.83. The van der Waals surface area contributed by atoms with Crippen molar-refractivity contribution in [2.75, 3.05) is 19.0 Å². The zero-order valence-corrected chi connectivity index (χ0v) is 21.9.